The quantitative estimate of drug-likeness (QED) is 0.665. The summed E-state index contributed by atoms with van der Waals surface area (Å²) >= 11 is 0. The largest absolute Gasteiger partial charge is 0.459 e. The summed E-state index contributed by atoms with van der Waals surface area (Å²) in [5, 5.41) is 0. The van der Waals surface area contributed by atoms with E-state index >= 15 is 0 Å². The third-order valence-electron chi connectivity index (χ3n) is 5.19. The van der Waals surface area contributed by atoms with Crippen LogP contribution in [0.4, 0.5) is 5.95 Å². The number of furan rings is 1. The van der Waals surface area contributed by atoms with Crippen LogP contribution in [0.15, 0.2) is 35.1 Å². The molecule has 2 aromatic rings. The second-order valence-electron chi connectivity index (χ2n) is 6.93. The Bertz CT molecular complexity index is 871. The van der Waals surface area contributed by atoms with Crippen LogP contribution in [0.3, 0.4) is 0 Å². The Hall–Kier alpha value is -3.43. The molecule has 0 aliphatic carbocycles. The molecule has 4 heterocycles. The number of nitrogens with zero attached hydrogens (tertiary/aromatic N) is 6. The summed E-state index contributed by atoms with van der Waals surface area (Å²) in [5.74, 6) is 0.457. The Labute approximate surface area is 167 Å². The minimum Gasteiger partial charge on any atom is -0.459 e. The maximum Gasteiger partial charge on any atom is 0.289 e. The van der Waals surface area contributed by atoms with Gasteiger partial charge in [0.1, 0.15) is 5.69 Å². The molecular weight excluding hydrogens is 376 g/mol. The van der Waals surface area contributed by atoms with Crippen LogP contribution in [0.5, 0.6) is 0 Å². The van der Waals surface area contributed by atoms with E-state index in [1.807, 2.05) is 4.90 Å². The molecule has 0 atom stereocenters. The third-order valence-corrected chi connectivity index (χ3v) is 5.19. The fraction of sp³-hybridized carbons (Fsp3) is 0.421. The van der Waals surface area contributed by atoms with E-state index in [1.54, 1.807) is 39.1 Å². The van der Waals surface area contributed by atoms with Crippen molar-refractivity contribution in [3.05, 3.63) is 42.1 Å². The van der Waals surface area contributed by atoms with Gasteiger partial charge in [0, 0.05) is 58.6 Å². The fourth-order valence-corrected chi connectivity index (χ4v) is 3.48. The molecule has 2 fully saturated rings. The number of carbonyl (C=O) groups is 3. The van der Waals surface area contributed by atoms with Crippen molar-refractivity contribution in [2.45, 2.75) is 0 Å². The van der Waals surface area contributed by atoms with Crippen LogP contribution in [0.1, 0.15) is 21.0 Å². The molecule has 3 amide bonds. The minimum atomic E-state index is -0.176. The molecule has 0 aromatic carbocycles. The number of hydrogen-bond acceptors (Lipinski definition) is 7. The van der Waals surface area contributed by atoms with Gasteiger partial charge >= 0.3 is 0 Å². The Morgan fingerprint density at radius 1 is 0.931 bits per heavy atom. The maximum atomic E-state index is 12.9. The zero-order valence-corrected chi connectivity index (χ0v) is 15.9. The van der Waals surface area contributed by atoms with Crippen LogP contribution >= 0.6 is 0 Å². The van der Waals surface area contributed by atoms with Crippen molar-refractivity contribution in [1.82, 2.24) is 24.7 Å². The zero-order chi connectivity index (χ0) is 20.2. The smallest absolute Gasteiger partial charge is 0.289 e. The molecule has 4 rings (SSSR count). The second kappa shape index (κ2) is 8.29. The van der Waals surface area contributed by atoms with Crippen molar-refractivity contribution in [2.75, 3.05) is 57.3 Å². The zero-order valence-electron chi connectivity index (χ0n) is 15.9. The summed E-state index contributed by atoms with van der Waals surface area (Å²) in [5.41, 5.74) is 0.332. The molecule has 0 N–H and O–H groups in total. The van der Waals surface area contributed by atoms with Gasteiger partial charge in [0.2, 0.25) is 12.4 Å². The lowest BCUT2D eigenvalue weighted by Crippen LogP contribution is -2.50. The Kier molecular flexibility index (Phi) is 5.41. The summed E-state index contributed by atoms with van der Waals surface area (Å²) in [6.07, 6.45) is 3.89. The van der Waals surface area contributed by atoms with Gasteiger partial charge in [0.25, 0.3) is 11.8 Å². The highest BCUT2D eigenvalue weighted by atomic mass is 16.3. The number of anilines is 1. The number of aromatic nitrogens is 2. The highest BCUT2D eigenvalue weighted by Crippen LogP contribution is 2.14. The van der Waals surface area contributed by atoms with Crippen LogP contribution in [0.2, 0.25) is 0 Å². The lowest BCUT2D eigenvalue weighted by molar-refractivity contribution is -0.118. The first-order valence-electron chi connectivity index (χ1n) is 9.55. The number of piperazine rings is 2. The van der Waals surface area contributed by atoms with Crippen molar-refractivity contribution in [2.24, 2.45) is 0 Å². The molecule has 2 aliphatic heterocycles. The molecule has 152 valence electrons. The molecular formula is C19H22N6O4. The molecule has 2 saturated heterocycles. The lowest BCUT2D eigenvalue weighted by Gasteiger charge is -2.34. The summed E-state index contributed by atoms with van der Waals surface area (Å²) in [6, 6.07) is 4.92. The van der Waals surface area contributed by atoms with E-state index < -0.39 is 0 Å². The van der Waals surface area contributed by atoms with Crippen LogP contribution in [0, 0.1) is 0 Å². The molecule has 29 heavy (non-hydrogen) atoms. The molecule has 10 heteroatoms. The van der Waals surface area contributed by atoms with Crippen molar-refractivity contribution in [1.29, 1.82) is 0 Å². The standard InChI is InChI=1S/C19H22N6O4/c26-14-22-5-7-25(8-6-22)19-20-4-3-15(21-19)17(27)23-9-11-24(12-10-23)18(28)16-2-1-13-29-16/h1-4,13-14H,5-12H2. The topological polar surface area (TPSA) is 103 Å². The van der Waals surface area contributed by atoms with Crippen molar-refractivity contribution in [3.63, 3.8) is 0 Å². The first-order valence-corrected chi connectivity index (χ1v) is 9.55. The SMILES string of the molecule is O=CN1CCN(c2nccc(C(=O)N3CCN(C(=O)c4ccco4)CC3)n2)CC1. The van der Waals surface area contributed by atoms with Crippen LogP contribution in [-0.2, 0) is 4.79 Å². The monoisotopic (exact) mass is 398 g/mol. The van der Waals surface area contributed by atoms with Crippen LogP contribution in [0.25, 0.3) is 0 Å². The average Bonchev–Trinajstić information content (AvgIpc) is 3.33. The number of rotatable bonds is 4. The van der Waals surface area contributed by atoms with Crippen LogP contribution < -0.4 is 4.90 Å². The molecule has 2 aromatic heterocycles. The van der Waals surface area contributed by atoms with E-state index in [2.05, 4.69) is 9.97 Å². The molecule has 0 radical (unpaired) electrons. The number of carbonyl (C=O) groups excluding carboxylic acids is 3. The Morgan fingerprint density at radius 2 is 1.62 bits per heavy atom. The van der Waals surface area contributed by atoms with E-state index in [1.165, 1.54) is 6.26 Å². The second-order valence-corrected chi connectivity index (χ2v) is 6.93. The predicted octanol–water partition coefficient (Wildman–Crippen LogP) is -0.0538. The van der Waals surface area contributed by atoms with Gasteiger partial charge in [-0.15, -0.1) is 0 Å². The molecule has 10 nitrogen and oxygen atoms in total. The van der Waals surface area contributed by atoms with Gasteiger partial charge in [0.15, 0.2) is 5.76 Å². The summed E-state index contributed by atoms with van der Waals surface area (Å²) < 4.78 is 5.16. The van der Waals surface area contributed by atoms with Gasteiger partial charge in [-0.1, -0.05) is 0 Å². The molecule has 0 bridgehead atoms. The van der Waals surface area contributed by atoms with E-state index in [4.69, 9.17) is 4.42 Å². The normalized spacial score (nSPS) is 17.4. The molecule has 0 saturated carbocycles. The van der Waals surface area contributed by atoms with E-state index in [-0.39, 0.29) is 11.8 Å². The molecule has 0 unspecified atom stereocenters. The van der Waals surface area contributed by atoms with Gasteiger partial charge in [-0.05, 0) is 18.2 Å². The highest BCUT2D eigenvalue weighted by molar-refractivity contribution is 5.93. The number of hydrogen-bond donors (Lipinski definition) is 0. The fourth-order valence-electron chi connectivity index (χ4n) is 3.48. The van der Waals surface area contributed by atoms with Gasteiger partial charge in [-0.2, -0.15) is 0 Å². The summed E-state index contributed by atoms with van der Waals surface area (Å²) in [7, 11) is 0. The highest BCUT2D eigenvalue weighted by Gasteiger charge is 2.28. The van der Waals surface area contributed by atoms with Crippen molar-refractivity contribution < 1.29 is 18.8 Å². The Morgan fingerprint density at radius 3 is 2.24 bits per heavy atom. The van der Waals surface area contributed by atoms with E-state index in [0.717, 1.165) is 6.41 Å². The average molecular weight is 398 g/mol. The first kappa shape index (κ1) is 18.9. The molecule has 0 spiro atoms. The van der Waals surface area contributed by atoms with Gasteiger partial charge < -0.3 is 24.0 Å². The van der Waals surface area contributed by atoms with Crippen molar-refractivity contribution in [3.8, 4) is 0 Å². The molecule has 2 aliphatic rings. The third kappa shape index (κ3) is 4.05. The van der Waals surface area contributed by atoms with E-state index in [0.29, 0.717) is 69.8 Å². The Balaban J connectivity index is 1.37. The summed E-state index contributed by atoms with van der Waals surface area (Å²) in [6.45, 7) is 4.22. The van der Waals surface area contributed by atoms with Crippen LogP contribution in [-0.4, -0.2) is 95.3 Å². The maximum absolute atomic E-state index is 12.9. The van der Waals surface area contributed by atoms with Crippen molar-refractivity contribution >= 4 is 24.2 Å². The lowest BCUT2D eigenvalue weighted by atomic mass is 10.2. The van der Waals surface area contributed by atoms with E-state index in [9.17, 15) is 14.4 Å². The van der Waals surface area contributed by atoms with Gasteiger partial charge in [-0.3, -0.25) is 14.4 Å². The first-order chi connectivity index (χ1) is 14.2. The minimum absolute atomic E-state index is 0.166. The van der Waals surface area contributed by atoms with Gasteiger partial charge in [-0.25, -0.2) is 9.97 Å². The van der Waals surface area contributed by atoms with Gasteiger partial charge in [0.05, 0.1) is 6.26 Å². The number of amides is 3. The summed E-state index contributed by atoms with van der Waals surface area (Å²) in [4.78, 5) is 51.8. The predicted molar refractivity (Wildman–Crippen MR) is 102 cm³/mol.